The van der Waals surface area contributed by atoms with Crippen LogP contribution in [0.5, 0.6) is 0 Å². The van der Waals surface area contributed by atoms with Crippen molar-refractivity contribution in [3.63, 3.8) is 0 Å². The molecule has 0 fully saturated rings. The van der Waals surface area contributed by atoms with Crippen molar-refractivity contribution >= 4 is 17.3 Å². The van der Waals surface area contributed by atoms with Gasteiger partial charge in [-0.05, 0) is 25.1 Å². The van der Waals surface area contributed by atoms with Gasteiger partial charge in [-0.3, -0.25) is 9.56 Å². The number of rotatable bonds is 4. The molecule has 0 radical (unpaired) electrons. The number of aromatic nitrogens is 3. The van der Waals surface area contributed by atoms with Crippen LogP contribution in [-0.2, 0) is 24.1 Å². The maximum atomic E-state index is 13.5. The fourth-order valence-corrected chi connectivity index (χ4v) is 3.45. The maximum Gasteiger partial charge on any atom is 0.416 e. The molecule has 0 saturated carbocycles. The number of alkyl halides is 3. The highest BCUT2D eigenvalue weighted by molar-refractivity contribution is 6.35. The van der Waals surface area contributed by atoms with E-state index in [0.717, 1.165) is 12.1 Å². The van der Waals surface area contributed by atoms with Crippen LogP contribution in [0.2, 0.25) is 5.02 Å². The van der Waals surface area contributed by atoms with E-state index in [9.17, 15) is 13.2 Å². The minimum Gasteiger partial charge on any atom is -0.491 e. The van der Waals surface area contributed by atoms with Crippen LogP contribution in [-0.4, -0.2) is 20.5 Å². The molecule has 0 saturated heterocycles. The van der Waals surface area contributed by atoms with Gasteiger partial charge in [0.25, 0.3) is 0 Å². The quantitative estimate of drug-likeness (QED) is 0.523. The highest BCUT2D eigenvalue weighted by Crippen LogP contribution is 2.35. The van der Waals surface area contributed by atoms with Crippen molar-refractivity contribution < 1.29 is 17.9 Å². The van der Waals surface area contributed by atoms with Crippen molar-refractivity contribution in [3.8, 4) is 5.69 Å². The largest absolute Gasteiger partial charge is 0.491 e. The molecule has 0 spiro atoms. The van der Waals surface area contributed by atoms with Gasteiger partial charge in [-0.1, -0.05) is 42.4 Å². The van der Waals surface area contributed by atoms with Crippen LogP contribution in [0, 0.1) is 0 Å². The van der Waals surface area contributed by atoms with Gasteiger partial charge in [-0.15, -0.1) is 10.2 Å². The Bertz CT molecular complexity index is 1170. The van der Waals surface area contributed by atoms with Gasteiger partial charge < -0.3 is 4.74 Å². The minimum atomic E-state index is -4.51. The predicted molar refractivity (Wildman–Crippen MR) is 107 cm³/mol. The molecule has 2 aromatic carbocycles. The topological polar surface area (TPSA) is 52.3 Å². The number of ether oxygens (including phenoxy) is 1. The molecular formula is C21H16ClF3N4O. The van der Waals surface area contributed by atoms with E-state index in [1.165, 1.54) is 6.07 Å². The Hall–Kier alpha value is -3.13. The number of hydrogen-bond acceptors (Lipinski definition) is 4. The molecule has 9 heteroatoms. The Balaban J connectivity index is 1.94. The van der Waals surface area contributed by atoms with Crippen LogP contribution in [0.4, 0.5) is 13.2 Å². The Morgan fingerprint density at radius 2 is 1.93 bits per heavy atom. The summed E-state index contributed by atoms with van der Waals surface area (Å²) in [4.78, 5) is 4.61. The van der Waals surface area contributed by atoms with Crippen LogP contribution in [0.25, 0.3) is 5.69 Å². The smallest absolute Gasteiger partial charge is 0.416 e. The average Bonchev–Trinajstić information content (AvgIpc) is 3.02. The van der Waals surface area contributed by atoms with Crippen molar-refractivity contribution in [1.82, 2.24) is 14.8 Å². The summed E-state index contributed by atoms with van der Waals surface area (Å²) in [6.07, 6.45) is -4.51. The van der Waals surface area contributed by atoms with Crippen LogP contribution in [0.3, 0.4) is 0 Å². The number of fused-ring (bicyclic) bond motifs is 3. The van der Waals surface area contributed by atoms with E-state index in [4.69, 9.17) is 16.3 Å². The molecular weight excluding hydrogens is 417 g/mol. The monoisotopic (exact) mass is 432 g/mol. The summed E-state index contributed by atoms with van der Waals surface area (Å²) in [5, 5.41) is 8.66. The zero-order valence-electron chi connectivity index (χ0n) is 15.9. The zero-order valence-corrected chi connectivity index (χ0v) is 16.6. The SMILES string of the molecule is C=C(C)OCc1nnc2n1-c1cc(C(F)(F)F)ccc1C(c1ccccc1Cl)=NC2. The predicted octanol–water partition coefficient (Wildman–Crippen LogP) is 5.34. The standard InChI is InChI=1S/C21H16ClF3N4O/c1-12(2)30-11-19-28-27-18-10-26-20(14-5-3-4-6-16(14)22)15-8-7-13(21(23,24)25)9-17(15)29(18)19/h3-9H,1,10-11H2,2H3. The lowest BCUT2D eigenvalue weighted by Crippen LogP contribution is -2.13. The lowest BCUT2D eigenvalue weighted by Gasteiger charge is -2.17. The number of aliphatic imine (C=N–C) groups is 1. The third-order valence-corrected chi connectivity index (χ3v) is 4.90. The van der Waals surface area contributed by atoms with Gasteiger partial charge in [-0.25, -0.2) is 0 Å². The summed E-state index contributed by atoms with van der Waals surface area (Å²) >= 11 is 6.36. The van der Waals surface area contributed by atoms with Gasteiger partial charge in [0.1, 0.15) is 13.2 Å². The van der Waals surface area contributed by atoms with Crippen molar-refractivity contribution in [2.75, 3.05) is 0 Å². The highest BCUT2D eigenvalue weighted by atomic mass is 35.5. The molecule has 3 aromatic rings. The van der Waals surface area contributed by atoms with Gasteiger partial charge in [0.2, 0.25) is 0 Å². The first-order valence-corrected chi connectivity index (χ1v) is 9.36. The van der Waals surface area contributed by atoms with E-state index < -0.39 is 11.7 Å². The van der Waals surface area contributed by atoms with Crippen molar-refractivity contribution in [2.45, 2.75) is 26.3 Å². The summed E-state index contributed by atoms with van der Waals surface area (Å²) in [5.41, 5.74) is 1.08. The summed E-state index contributed by atoms with van der Waals surface area (Å²) in [7, 11) is 0. The van der Waals surface area contributed by atoms with Gasteiger partial charge in [0.05, 0.1) is 22.7 Å². The molecule has 0 aliphatic carbocycles. The third kappa shape index (κ3) is 3.70. The molecule has 1 aliphatic rings. The number of hydrogen-bond donors (Lipinski definition) is 0. The van der Waals surface area contributed by atoms with E-state index >= 15 is 0 Å². The van der Waals surface area contributed by atoms with Gasteiger partial charge in [-0.2, -0.15) is 13.2 Å². The molecule has 4 rings (SSSR count). The van der Waals surface area contributed by atoms with Crippen LogP contribution in [0.1, 0.15) is 35.3 Å². The second kappa shape index (κ2) is 7.60. The van der Waals surface area contributed by atoms with Gasteiger partial charge >= 0.3 is 6.18 Å². The number of halogens is 4. The second-order valence-corrected chi connectivity index (χ2v) is 7.14. The molecule has 1 aromatic heterocycles. The van der Waals surface area contributed by atoms with Gasteiger partial charge in [0.15, 0.2) is 11.6 Å². The Morgan fingerprint density at radius 1 is 1.17 bits per heavy atom. The summed E-state index contributed by atoms with van der Waals surface area (Å²) in [6, 6.07) is 10.6. The van der Waals surface area contributed by atoms with Gasteiger partial charge in [0, 0.05) is 16.1 Å². The highest BCUT2D eigenvalue weighted by Gasteiger charge is 2.33. The van der Waals surface area contributed by atoms with E-state index in [0.29, 0.717) is 39.3 Å². The van der Waals surface area contributed by atoms with Crippen LogP contribution in [0.15, 0.2) is 59.8 Å². The molecule has 0 N–H and O–H groups in total. The minimum absolute atomic E-state index is 0.0133. The van der Waals surface area contributed by atoms with Crippen LogP contribution < -0.4 is 0 Å². The molecule has 30 heavy (non-hydrogen) atoms. The first-order valence-electron chi connectivity index (χ1n) is 8.98. The average molecular weight is 433 g/mol. The summed E-state index contributed by atoms with van der Waals surface area (Å²) < 4.78 is 47.4. The summed E-state index contributed by atoms with van der Waals surface area (Å²) in [5.74, 6) is 1.21. The van der Waals surface area contributed by atoms with E-state index in [1.54, 1.807) is 35.8 Å². The molecule has 2 heterocycles. The third-order valence-electron chi connectivity index (χ3n) is 4.57. The normalized spacial score (nSPS) is 13.2. The molecule has 0 atom stereocenters. The lowest BCUT2D eigenvalue weighted by molar-refractivity contribution is -0.137. The van der Waals surface area contributed by atoms with E-state index in [1.807, 2.05) is 0 Å². The molecule has 1 aliphatic heterocycles. The van der Waals surface area contributed by atoms with Crippen molar-refractivity contribution in [2.24, 2.45) is 4.99 Å². The fraction of sp³-hybridized carbons (Fsp3) is 0.190. The van der Waals surface area contributed by atoms with E-state index in [-0.39, 0.29) is 18.8 Å². The Labute approximate surface area is 175 Å². The lowest BCUT2D eigenvalue weighted by atomic mass is 9.98. The molecule has 5 nitrogen and oxygen atoms in total. The van der Waals surface area contributed by atoms with Crippen LogP contribution >= 0.6 is 11.6 Å². The first kappa shape index (κ1) is 20.2. The molecule has 0 unspecified atom stereocenters. The zero-order chi connectivity index (χ0) is 21.5. The van der Waals surface area contributed by atoms with Crippen molar-refractivity contribution in [3.05, 3.63) is 88.2 Å². The molecule has 0 amide bonds. The molecule has 0 bridgehead atoms. The number of nitrogens with zero attached hydrogens (tertiary/aromatic N) is 4. The second-order valence-electron chi connectivity index (χ2n) is 6.73. The Morgan fingerprint density at radius 3 is 2.63 bits per heavy atom. The number of benzene rings is 2. The van der Waals surface area contributed by atoms with E-state index in [2.05, 4.69) is 21.8 Å². The first-order chi connectivity index (χ1) is 14.3. The fourth-order valence-electron chi connectivity index (χ4n) is 3.23. The Kier molecular flexibility index (Phi) is 5.11. The van der Waals surface area contributed by atoms with Crippen molar-refractivity contribution in [1.29, 1.82) is 0 Å². The number of allylic oxidation sites excluding steroid dienone is 1. The maximum absolute atomic E-state index is 13.5. The summed E-state index contributed by atoms with van der Waals surface area (Å²) in [6.45, 7) is 5.48. The molecule has 154 valence electrons.